The lowest BCUT2D eigenvalue weighted by molar-refractivity contribution is -0.115. The molecule has 1 aliphatic rings. The fourth-order valence-corrected chi connectivity index (χ4v) is 4.86. The largest absolute Gasteiger partial charge is 0.495 e. The van der Waals surface area contributed by atoms with E-state index >= 15 is 0 Å². The van der Waals surface area contributed by atoms with Crippen molar-refractivity contribution in [2.45, 2.75) is 36.9 Å². The molecule has 29 heavy (non-hydrogen) atoms. The number of hydrogen-bond acceptors (Lipinski definition) is 6. The number of amides is 1. The van der Waals surface area contributed by atoms with Crippen molar-refractivity contribution in [2.75, 3.05) is 18.2 Å². The third kappa shape index (κ3) is 5.12. The predicted octanol–water partition coefficient (Wildman–Crippen LogP) is 5.05. The number of thioether (sulfide) groups is 1. The molecule has 2 heterocycles. The molecule has 3 aromatic rings. The van der Waals surface area contributed by atoms with Crippen LogP contribution in [0.4, 0.5) is 5.69 Å². The Morgan fingerprint density at radius 2 is 2.24 bits per heavy atom. The number of anilines is 1. The van der Waals surface area contributed by atoms with Gasteiger partial charge >= 0.3 is 0 Å². The zero-order valence-corrected chi connectivity index (χ0v) is 18.3. The van der Waals surface area contributed by atoms with Crippen LogP contribution in [0.1, 0.15) is 36.0 Å². The summed E-state index contributed by atoms with van der Waals surface area (Å²) in [6, 6.07) is 9.82. The Labute approximate surface area is 182 Å². The summed E-state index contributed by atoms with van der Waals surface area (Å²) >= 11 is 9.33. The Morgan fingerprint density at radius 1 is 1.38 bits per heavy atom. The molecule has 1 amide bonds. The first-order valence-corrected chi connectivity index (χ1v) is 11.6. The number of hydrogen-bond donors (Lipinski definition) is 1. The molecule has 0 unspecified atom stereocenters. The molecular weight excluding hydrogens is 428 g/mol. The van der Waals surface area contributed by atoms with E-state index in [0.717, 1.165) is 30.2 Å². The first-order chi connectivity index (χ1) is 14.1. The Bertz CT molecular complexity index is 987. The van der Waals surface area contributed by atoms with Gasteiger partial charge in [-0.3, -0.25) is 4.79 Å². The highest BCUT2D eigenvalue weighted by molar-refractivity contribution is 7.99. The second kappa shape index (κ2) is 9.19. The lowest BCUT2D eigenvalue weighted by atomic mass is 10.3. The minimum atomic E-state index is -0.0886. The lowest BCUT2D eigenvalue weighted by Crippen LogP contribution is -2.13. The smallest absolute Gasteiger partial charge is 0.225 e. The predicted molar refractivity (Wildman–Crippen MR) is 117 cm³/mol. The van der Waals surface area contributed by atoms with E-state index < -0.39 is 0 Å². The summed E-state index contributed by atoms with van der Waals surface area (Å²) in [6.45, 7) is 0. The summed E-state index contributed by atoms with van der Waals surface area (Å²) in [7, 11) is 1.56. The van der Waals surface area contributed by atoms with E-state index in [0.29, 0.717) is 34.7 Å². The maximum atomic E-state index is 12.4. The van der Waals surface area contributed by atoms with Crippen molar-refractivity contribution >= 4 is 46.3 Å². The van der Waals surface area contributed by atoms with Crippen molar-refractivity contribution in [1.82, 2.24) is 14.8 Å². The Kier molecular flexibility index (Phi) is 6.42. The molecular formula is C20H21ClN4O2S2. The summed E-state index contributed by atoms with van der Waals surface area (Å²) in [5.74, 6) is 2.13. The van der Waals surface area contributed by atoms with Gasteiger partial charge in [0, 0.05) is 34.5 Å². The molecule has 1 saturated carbocycles. The summed E-state index contributed by atoms with van der Waals surface area (Å²) in [4.78, 5) is 13.6. The number of nitrogens with one attached hydrogen (secondary N) is 1. The molecule has 2 aromatic heterocycles. The van der Waals surface area contributed by atoms with E-state index in [2.05, 4.69) is 37.6 Å². The van der Waals surface area contributed by atoms with Gasteiger partial charge in [-0.05, 0) is 42.5 Å². The summed E-state index contributed by atoms with van der Waals surface area (Å²) in [5.41, 5.74) is 0.578. The number of carbonyl (C=O) groups is 1. The molecule has 1 fully saturated rings. The minimum Gasteiger partial charge on any atom is -0.495 e. The number of ether oxygens (including phenoxy) is 1. The SMILES string of the molecule is COc1ccc(Cl)cc1NC(=O)CCSc1nnc(Cc2cccs2)n1C1CC1. The average Bonchev–Trinajstić information content (AvgIpc) is 3.25. The van der Waals surface area contributed by atoms with Crippen LogP contribution >= 0.6 is 34.7 Å². The number of benzene rings is 1. The van der Waals surface area contributed by atoms with Gasteiger partial charge in [-0.1, -0.05) is 29.4 Å². The van der Waals surface area contributed by atoms with Crippen LogP contribution in [0.15, 0.2) is 40.9 Å². The summed E-state index contributed by atoms with van der Waals surface area (Å²) in [5, 5.41) is 15.2. The average molecular weight is 449 g/mol. The minimum absolute atomic E-state index is 0.0886. The van der Waals surface area contributed by atoms with Gasteiger partial charge in [0.1, 0.15) is 11.6 Å². The van der Waals surface area contributed by atoms with E-state index in [1.165, 1.54) is 4.88 Å². The highest BCUT2D eigenvalue weighted by Crippen LogP contribution is 2.39. The Morgan fingerprint density at radius 3 is 2.97 bits per heavy atom. The fourth-order valence-electron chi connectivity index (χ4n) is 3.02. The zero-order valence-electron chi connectivity index (χ0n) is 15.9. The van der Waals surface area contributed by atoms with E-state index in [1.807, 2.05) is 0 Å². The Balaban J connectivity index is 1.35. The topological polar surface area (TPSA) is 69.0 Å². The molecule has 1 aliphatic carbocycles. The van der Waals surface area contributed by atoms with Gasteiger partial charge in [-0.25, -0.2) is 0 Å². The molecule has 0 atom stereocenters. The number of nitrogens with zero attached hydrogens (tertiary/aromatic N) is 3. The standard InChI is InChI=1S/C20H21ClN4O2S2/c1-27-17-7-4-13(21)11-16(17)22-19(26)8-10-29-20-24-23-18(25(20)14-5-6-14)12-15-3-2-9-28-15/h2-4,7,9,11,14H,5-6,8,10,12H2,1H3,(H,22,26). The molecule has 6 nitrogen and oxygen atoms in total. The molecule has 0 radical (unpaired) electrons. The lowest BCUT2D eigenvalue weighted by Gasteiger charge is -2.11. The monoisotopic (exact) mass is 448 g/mol. The molecule has 0 aliphatic heterocycles. The maximum Gasteiger partial charge on any atom is 0.225 e. The molecule has 0 spiro atoms. The summed E-state index contributed by atoms with van der Waals surface area (Å²) in [6.07, 6.45) is 3.49. The van der Waals surface area contributed by atoms with Crippen molar-refractivity contribution in [3.63, 3.8) is 0 Å². The van der Waals surface area contributed by atoms with E-state index in [9.17, 15) is 4.79 Å². The molecule has 0 bridgehead atoms. The van der Waals surface area contributed by atoms with Crippen LogP contribution in [0.5, 0.6) is 5.75 Å². The van der Waals surface area contributed by atoms with Crippen molar-refractivity contribution in [3.8, 4) is 5.75 Å². The zero-order chi connectivity index (χ0) is 20.2. The molecule has 4 rings (SSSR count). The molecule has 9 heteroatoms. The Hall–Kier alpha value is -2.03. The van der Waals surface area contributed by atoms with Crippen LogP contribution in [0.25, 0.3) is 0 Å². The highest BCUT2D eigenvalue weighted by atomic mass is 35.5. The third-order valence-corrected chi connectivity index (χ3v) is 6.61. The van der Waals surface area contributed by atoms with Crippen molar-refractivity contribution in [1.29, 1.82) is 0 Å². The number of thiophene rings is 1. The molecule has 152 valence electrons. The van der Waals surface area contributed by atoms with Gasteiger partial charge in [0.2, 0.25) is 5.91 Å². The van der Waals surface area contributed by atoms with Crippen LogP contribution in [-0.2, 0) is 11.2 Å². The van der Waals surface area contributed by atoms with Gasteiger partial charge in [0.05, 0.1) is 12.8 Å². The van der Waals surface area contributed by atoms with Crippen LogP contribution < -0.4 is 10.1 Å². The second-order valence-electron chi connectivity index (χ2n) is 6.75. The second-order valence-corrected chi connectivity index (χ2v) is 9.28. The first kappa shape index (κ1) is 20.3. The van der Waals surface area contributed by atoms with Crippen molar-refractivity contribution < 1.29 is 9.53 Å². The molecule has 1 N–H and O–H groups in total. The van der Waals surface area contributed by atoms with Crippen LogP contribution in [-0.4, -0.2) is 33.5 Å². The quantitative estimate of drug-likeness (QED) is 0.464. The van der Waals surface area contributed by atoms with Crippen LogP contribution in [0.2, 0.25) is 5.02 Å². The number of methoxy groups -OCH3 is 1. The molecule has 1 aromatic carbocycles. The van der Waals surface area contributed by atoms with E-state index in [-0.39, 0.29) is 5.91 Å². The van der Waals surface area contributed by atoms with Gasteiger partial charge < -0.3 is 14.6 Å². The van der Waals surface area contributed by atoms with Gasteiger partial charge in [0.25, 0.3) is 0 Å². The van der Waals surface area contributed by atoms with Crippen LogP contribution in [0.3, 0.4) is 0 Å². The number of aromatic nitrogens is 3. The summed E-state index contributed by atoms with van der Waals surface area (Å²) < 4.78 is 7.52. The molecule has 0 saturated heterocycles. The number of halogens is 1. The first-order valence-electron chi connectivity index (χ1n) is 9.36. The van der Waals surface area contributed by atoms with E-state index in [4.69, 9.17) is 16.3 Å². The number of rotatable bonds is 9. The maximum absolute atomic E-state index is 12.4. The highest BCUT2D eigenvalue weighted by Gasteiger charge is 2.29. The van der Waals surface area contributed by atoms with Crippen molar-refractivity contribution in [2.24, 2.45) is 0 Å². The fraction of sp³-hybridized carbons (Fsp3) is 0.350. The third-order valence-electron chi connectivity index (χ3n) is 4.56. The van der Waals surface area contributed by atoms with Gasteiger partial charge in [0.15, 0.2) is 5.16 Å². The van der Waals surface area contributed by atoms with Crippen molar-refractivity contribution in [3.05, 3.63) is 51.4 Å². The normalized spacial score (nSPS) is 13.4. The van der Waals surface area contributed by atoms with Gasteiger partial charge in [-0.15, -0.1) is 21.5 Å². The van der Waals surface area contributed by atoms with Crippen LogP contribution in [0, 0.1) is 0 Å². The van der Waals surface area contributed by atoms with Gasteiger partial charge in [-0.2, -0.15) is 0 Å². The van der Waals surface area contributed by atoms with E-state index in [1.54, 1.807) is 48.4 Å². The number of carbonyl (C=O) groups excluding carboxylic acids is 1.